The molecule has 0 aromatic carbocycles. The molecule has 0 aromatic heterocycles. The number of alkyl carbamates (subject to hydrolysis) is 1. The van der Waals surface area contributed by atoms with Gasteiger partial charge in [-0.2, -0.15) is 0 Å². The van der Waals surface area contributed by atoms with E-state index in [0.29, 0.717) is 0 Å². The molecule has 0 saturated heterocycles. The van der Waals surface area contributed by atoms with E-state index in [-0.39, 0.29) is 36.1 Å². The van der Waals surface area contributed by atoms with Crippen LogP contribution in [-0.2, 0) is 15.8 Å². The average molecular weight is 245 g/mol. The standard InChI is InChI=1S/C8H17NO4S.Na/c1-6(14(11)12)5-9-7(10)13-8(2,3)4;/h6H,5H2,1-4H3,(H,9,10)(H,11,12);/q;+1/p-1. The summed E-state index contributed by atoms with van der Waals surface area (Å²) in [6.07, 6.45) is -0.602. The molecule has 84 valence electrons. The van der Waals surface area contributed by atoms with Crippen LogP contribution >= 0.6 is 0 Å². The van der Waals surface area contributed by atoms with Crippen LogP contribution < -0.4 is 34.9 Å². The number of nitrogens with one attached hydrogen (secondary N) is 1. The van der Waals surface area contributed by atoms with Gasteiger partial charge in [0, 0.05) is 11.8 Å². The molecule has 0 bridgehead atoms. The zero-order valence-corrected chi connectivity index (χ0v) is 12.6. The van der Waals surface area contributed by atoms with Gasteiger partial charge in [0.25, 0.3) is 0 Å². The largest absolute Gasteiger partial charge is 1.00 e. The minimum absolute atomic E-state index is 0. The van der Waals surface area contributed by atoms with E-state index in [9.17, 15) is 13.6 Å². The summed E-state index contributed by atoms with van der Waals surface area (Å²) >= 11 is -2.17. The summed E-state index contributed by atoms with van der Waals surface area (Å²) in [4.78, 5) is 11.1. The van der Waals surface area contributed by atoms with Crippen LogP contribution in [0.5, 0.6) is 0 Å². The predicted octanol–water partition coefficient (Wildman–Crippen LogP) is -2.22. The van der Waals surface area contributed by atoms with Crippen molar-refractivity contribution in [2.24, 2.45) is 0 Å². The first-order valence-corrected chi connectivity index (χ1v) is 5.41. The van der Waals surface area contributed by atoms with Gasteiger partial charge in [0.05, 0.1) is 0 Å². The van der Waals surface area contributed by atoms with Crippen molar-refractivity contribution in [3.8, 4) is 0 Å². The van der Waals surface area contributed by atoms with Crippen molar-refractivity contribution in [3.05, 3.63) is 0 Å². The Kier molecular flexibility index (Phi) is 9.03. The summed E-state index contributed by atoms with van der Waals surface area (Å²) in [5.74, 6) is 0. The third-order valence-corrected chi connectivity index (χ3v) is 2.09. The van der Waals surface area contributed by atoms with Crippen LogP contribution in [0.1, 0.15) is 27.7 Å². The van der Waals surface area contributed by atoms with E-state index >= 15 is 0 Å². The molecular formula is C8H16NNaO4S. The summed E-state index contributed by atoms with van der Waals surface area (Å²) in [6, 6.07) is 0. The van der Waals surface area contributed by atoms with Gasteiger partial charge >= 0.3 is 35.7 Å². The van der Waals surface area contributed by atoms with Gasteiger partial charge in [0.1, 0.15) is 5.60 Å². The van der Waals surface area contributed by atoms with Crippen molar-refractivity contribution in [1.29, 1.82) is 0 Å². The summed E-state index contributed by atoms with van der Waals surface area (Å²) in [5, 5.41) is 1.76. The van der Waals surface area contributed by atoms with Crippen molar-refractivity contribution < 1.29 is 47.9 Å². The number of carbonyl (C=O) groups is 1. The van der Waals surface area contributed by atoms with E-state index in [1.165, 1.54) is 6.92 Å². The Morgan fingerprint density at radius 1 is 1.53 bits per heavy atom. The van der Waals surface area contributed by atoms with Crippen molar-refractivity contribution in [2.75, 3.05) is 6.54 Å². The van der Waals surface area contributed by atoms with Gasteiger partial charge in [-0.1, -0.05) is 18.0 Å². The molecular weight excluding hydrogens is 229 g/mol. The summed E-state index contributed by atoms with van der Waals surface area (Å²) in [7, 11) is 0. The Morgan fingerprint density at radius 2 is 2.00 bits per heavy atom. The molecule has 0 aliphatic carbocycles. The monoisotopic (exact) mass is 245 g/mol. The minimum atomic E-state index is -2.17. The molecule has 0 spiro atoms. The topological polar surface area (TPSA) is 78.5 Å². The van der Waals surface area contributed by atoms with Crippen LogP contribution in [0.2, 0.25) is 0 Å². The number of rotatable bonds is 3. The Labute approximate surface area is 115 Å². The van der Waals surface area contributed by atoms with E-state index in [1.807, 2.05) is 0 Å². The molecule has 0 aliphatic rings. The molecule has 15 heavy (non-hydrogen) atoms. The van der Waals surface area contributed by atoms with Crippen LogP contribution in [-0.4, -0.2) is 32.3 Å². The SMILES string of the molecule is CC(CNC(=O)OC(C)(C)C)S(=O)[O-].[Na+]. The van der Waals surface area contributed by atoms with Gasteiger partial charge < -0.3 is 14.6 Å². The fourth-order valence-electron chi connectivity index (χ4n) is 0.609. The maximum Gasteiger partial charge on any atom is 1.00 e. The first kappa shape index (κ1) is 17.8. The number of carbonyl (C=O) groups excluding carboxylic acids is 1. The summed E-state index contributed by atoms with van der Waals surface area (Å²) < 4.78 is 25.7. The molecule has 0 saturated carbocycles. The summed E-state index contributed by atoms with van der Waals surface area (Å²) in [5.41, 5.74) is -0.566. The van der Waals surface area contributed by atoms with Crippen molar-refractivity contribution in [1.82, 2.24) is 5.32 Å². The molecule has 0 aliphatic heterocycles. The molecule has 2 unspecified atom stereocenters. The fourth-order valence-corrected chi connectivity index (χ4v) is 0.829. The van der Waals surface area contributed by atoms with Gasteiger partial charge in [0.2, 0.25) is 0 Å². The second kappa shape index (κ2) is 7.62. The van der Waals surface area contributed by atoms with Crippen molar-refractivity contribution in [2.45, 2.75) is 38.5 Å². The van der Waals surface area contributed by atoms with Crippen LogP contribution in [0.4, 0.5) is 4.79 Å². The Morgan fingerprint density at radius 3 is 2.33 bits per heavy atom. The molecule has 0 rings (SSSR count). The first-order valence-electron chi connectivity index (χ1n) is 4.27. The number of amides is 1. The van der Waals surface area contributed by atoms with Crippen LogP contribution in [0.15, 0.2) is 0 Å². The van der Waals surface area contributed by atoms with Gasteiger partial charge in [0.15, 0.2) is 0 Å². The van der Waals surface area contributed by atoms with E-state index in [1.54, 1.807) is 20.8 Å². The number of hydrogen-bond donors (Lipinski definition) is 1. The minimum Gasteiger partial charge on any atom is -0.772 e. The number of ether oxygens (including phenoxy) is 1. The molecule has 0 heterocycles. The molecule has 2 atom stereocenters. The van der Waals surface area contributed by atoms with Crippen LogP contribution in [0, 0.1) is 0 Å². The van der Waals surface area contributed by atoms with Crippen molar-refractivity contribution >= 4 is 17.2 Å². The molecule has 7 heteroatoms. The molecule has 5 nitrogen and oxygen atoms in total. The number of hydrogen-bond acceptors (Lipinski definition) is 4. The maximum absolute atomic E-state index is 11.1. The Hall–Kier alpha value is 0.380. The third-order valence-electron chi connectivity index (χ3n) is 1.26. The van der Waals surface area contributed by atoms with E-state index in [4.69, 9.17) is 4.74 Å². The third kappa shape index (κ3) is 10.7. The smallest absolute Gasteiger partial charge is 0.772 e. The van der Waals surface area contributed by atoms with Gasteiger partial charge in [-0.15, -0.1) is 0 Å². The fraction of sp³-hybridized carbons (Fsp3) is 0.875. The van der Waals surface area contributed by atoms with Gasteiger partial charge in [-0.3, -0.25) is 4.21 Å². The second-order valence-electron chi connectivity index (χ2n) is 3.95. The molecule has 0 radical (unpaired) electrons. The Bertz CT molecular complexity index is 229. The first-order chi connectivity index (χ1) is 6.22. The quantitative estimate of drug-likeness (QED) is 0.451. The normalized spacial score (nSPS) is 14.7. The van der Waals surface area contributed by atoms with Gasteiger partial charge in [-0.25, -0.2) is 4.79 Å². The van der Waals surface area contributed by atoms with E-state index in [2.05, 4.69) is 5.32 Å². The van der Waals surface area contributed by atoms with Crippen LogP contribution in [0.25, 0.3) is 0 Å². The molecule has 1 amide bonds. The maximum atomic E-state index is 11.1. The Balaban J connectivity index is 0. The zero-order chi connectivity index (χ0) is 11.4. The van der Waals surface area contributed by atoms with E-state index < -0.39 is 28.0 Å². The summed E-state index contributed by atoms with van der Waals surface area (Å²) in [6.45, 7) is 6.77. The predicted molar refractivity (Wildman–Crippen MR) is 52.6 cm³/mol. The zero-order valence-electron chi connectivity index (χ0n) is 9.83. The van der Waals surface area contributed by atoms with E-state index in [0.717, 1.165) is 0 Å². The van der Waals surface area contributed by atoms with Crippen molar-refractivity contribution in [3.63, 3.8) is 0 Å². The second-order valence-corrected chi connectivity index (χ2v) is 5.28. The van der Waals surface area contributed by atoms with Gasteiger partial charge in [-0.05, 0) is 20.8 Å². The molecule has 0 aromatic rings. The molecule has 1 N–H and O–H groups in total. The molecule has 0 fully saturated rings. The average Bonchev–Trinajstić information content (AvgIpc) is 1.96. The van der Waals surface area contributed by atoms with Crippen LogP contribution in [0.3, 0.4) is 0 Å².